The predicted molar refractivity (Wildman–Crippen MR) is 95.3 cm³/mol. The fourth-order valence-corrected chi connectivity index (χ4v) is 2.27. The maximum atomic E-state index is 4.01. The Hall–Kier alpha value is -1.76. The Morgan fingerprint density at radius 2 is 2.05 bits per heavy atom. The Bertz CT molecular complexity index is 494. The topological polar surface area (TPSA) is 12.0 Å². The van der Waals surface area contributed by atoms with Crippen molar-refractivity contribution in [3.05, 3.63) is 65.9 Å². The first kappa shape index (κ1) is 17.3. The number of hydrogen-bond donors (Lipinski definition) is 1. The van der Waals surface area contributed by atoms with E-state index in [4.69, 9.17) is 0 Å². The first-order chi connectivity index (χ1) is 10.2. The van der Waals surface area contributed by atoms with E-state index in [0.717, 1.165) is 19.3 Å². The molecular weight excluding hydrogens is 254 g/mol. The molecule has 0 bridgehead atoms. The molecule has 1 aromatic rings. The Morgan fingerprint density at radius 1 is 1.29 bits per heavy atom. The van der Waals surface area contributed by atoms with Crippen molar-refractivity contribution >= 4 is 5.57 Å². The fraction of sp³-hybridized carbons (Fsp3) is 0.400. The molecule has 0 heterocycles. The van der Waals surface area contributed by atoms with Crippen molar-refractivity contribution in [1.82, 2.24) is 5.32 Å². The zero-order valence-electron chi connectivity index (χ0n) is 13.8. The minimum absolute atomic E-state index is 1.05. The molecule has 0 spiro atoms. The van der Waals surface area contributed by atoms with E-state index in [0.29, 0.717) is 0 Å². The van der Waals surface area contributed by atoms with Crippen LogP contribution in [-0.4, -0.2) is 7.05 Å². The minimum atomic E-state index is 1.05. The van der Waals surface area contributed by atoms with Crippen LogP contribution in [0.2, 0.25) is 0 Å². The molecule has 1 rings (SSSR count). The van der Waals surface area contributed by atoms with Crippen LogP contribution >= 0.6 is 0 Å². The first-order valence-corrected chi connectivity index (χ1v) is 7.95. The molecule has 0 saturated heterocycles. The highest BCUT2D eigenvalue weighted by Gasteiger charge is 2.05. The van der Waals surface area contributed by atoms with Gasteiger partial charge in [-0.25, -0.2) is 0 Å². The van der Waals surface area contributed by atoms with Gasteiger partial charge in [-0.2, -0.15) is 0 Å². The van der Waals surface area contributed by atoms with Crippen molar-refractivity contribution in [2.45, 2.75) is 46.0 Å². The van der Waals surface area contributed by atoms with E-state index in [1.165, 1.54) is 35.1 Å². The van der Waals surface area contributed by atoms with Crippen LogP contribution in [0.3, 0.4) is 0 Å². The van der Waals surface area contributed by atoms with Crippen LogP contribution in [0.15, 0.2) is 54.8 Å². The van der Waals surface area contributed by atoms with E-state index >= 15 is 0 Å². The minimum Gasteiger partial charge on any atom is -0.393 e. The Balaban J connectivity index is 2.94. The Labute approximate surface area is 130 Å². The third-order valence-corrected chi connectivity index (χ3v) is 3.47. The summed E-state index contributed by atoms with van der Waals surface area (Å²) in [5.41, 5.74) is 5.20. The average molecular weight is 283 g/mol. The number of unbranched alkanes of at least 4 members (excludes halogenated alkanes) is 2. The van der Waals surface area contributed by atoms with E-state index in [2.05, 4.69) is 68.4 Å². The molecule has 0 aromatic heterocycles. The SMILES string of the molecule is C=C(C)CCc1ccccc1C(/C=C\CCCC)=C/NC. The molecule has 1 nitrogen and oxygen atoms in total. The molecule has 114 valence electrons. The van der Waals surface area contributed by atoms with E-state index in [1.54, 1.807) is 0 Å². The van der Waals surface area contributed by atoms with Gasteiger partial charge in [-0.05, 0) is 42.9 Å². The highest BCUT2D eigenvalue weighted by molar-refractivity contribution is 5.75. The summed E-state index contributed by atoms with van der Waals surface area (Å²) < 4.78 is 0. The number of hydrogen-bond acceptors (Lipinski definition) is 1. The molecule has 0 unspecified atom stereocenters. The largest absolute Gasteiger partial charge is 0.393 e. The van der Waals surface area contributed by atoms with Gasteiger partial charge in [0, 0.05) is 13.2 Å². The maximum absolute atomic E-state index is 4.01. The lowest BCUT2D eigenvalue weighted by Gasteiger charge is -2.11. The molecule has 1 heteroatoms. The van der Waals surface area contributed by atoms with Crippen LogP contribution in [0, 0.1) is 0 Å². The quantitative estimate of drug-likeness (QED) is 0.358. The van der Waals surface area contributed by atoms with Gasteiger partial charge in [0.15, 0.2) is 0 Å². The molecule has 0 saturated carbocycles. The van der Waals surface area contributed by atoms with E-state index < -0.39 is 0 Å². The fourth-order valence-electron chi connectivity index (χ4n) is 2.27. The molecule has 0 radical (unpaired) electrons. The lowest BCUT2D eigenvalue weighted by atomic mass is 9.95. The third-order valence-electron chi connectivity index (χ3n) is 3.47. The van der Waals surface area contributed by atoms with Crippen LogP contribution in [0.4, 0.5) is 0 Å². The Kier molecular flexibility index (Phi) is 8.27. The first-order valence-electron chi connectivity index (χ1n) is 7.95. The van der Waals surface area contributed by atoms with Crippen LogP contribution in [0.25, 0.3) is 5.57 Å². The number of benzene rings is 1. The second-order valence-electron chi connectivity index (χ2n) is 5.55. The summed E-state index contributed by atoms with van der Waals surface area (Å²) in [6.45, 7) is 8.33. The molecule has 0 amide bonds. The maximum Gasteiger partial charge on any atom is 0.00412 e. The van der Waals surface area contributed by atoms with Gasteiger partial charge in [-0.15, -0.1) is 6.58 Å². The van der Waals surface area contributed by atoms with Crippen molar-refractivity contribution in [1.29, 1.82) is 0 Å². The molecule has 0 aliphatic carbocycles. The van der Waals surface area contributed by atoms with Crippen LogP contribution < -0.4 is 5.32 Å². The number of allylic oxidation sites excluding steroid dienone is 4. The summed E-state index contributed by atoms with van der Waals surface area (Å²) in [5.74, 6) is 0. The second kappa shape index (κ2) is 10.0. The summed E-state index contributed by atoms with van der Waals surface area (Å²) in [7, 11) is 1.95. The van der Waals surface area contributed by atoms with Crippen LogP contribution in [-0.2, 0) is 6.42 Å². The molecule has 1 N–H and O–H groups in total. The van der Waals surface area contributed by atoms with Crippen LogP contribution in [0.5, 0.6) is 0 Å². The highest BCUT2D eigenvalue weighted by Crippen LogP contribution is 2.22. The van der Waals surface area contributed by atoms with Gasteiger partial charge in [-0.3, -0.25) is 0 Å². The van der Waals surface area contributed by atoms with Gasteiger partial charge >= 0.3 is 0 Å². The average Bonchev–Trinajstić information content (AvgIpc) is 2.48. The molecule has 0 aliphatic heterocycles. The van der Waals surface area contributed by atoms with Crippen molar-refractivity contribution in [2.24, 2.45) is 0 Å². The van der Waals surface area contributed by atoms with Gasteiger partial charge in [0.25, 0.3) is 0 Å². The summed E-state index contributed by atoms with van der Waals surface area (Å²) >= 11 is 0. The molecule has 0 aliphatic rings. The summed E-state index contributed by atoms with van der Waals surface area (Å²) in [4.78, 5) is 0. The van der Waals surface area contributed by atoms with Gasteiger partial charge < -0.3 is 5.32 Å². The standard InChI is InChI=1S/C20H29N/c1-5-6-7-8-12-19(16-21-4)20-13-10-9-11-18(20)15-14-17(2)3/h8-13,16,21H,2,5-7,14-15H2,1,3-4H3/b12-8-,19-16+. The lowest BCUT2D eigenvalue weighted by molar-refractivity contribution is 0.815. The normalized spacial score (nSPS) is 11.9. The van der Waals surface area contributed by atoms with Gasteiger partial charge in [0.05, 0.1) is 0 Å². The third kappa shape index (κ3) is 6.48. The predicted octanol–water partition coefficient (Wildman–Crippen LogP) is 5.50. The molecule has 21 heavy (non-hydrogen) atoms. The zero-order chi connectivity index (χ0) is 15.5. The molecule has 1 aromatic carbocycles. The van der Waals surface area contributed by atoms with E-state index in [-0.39, 0.29) is 0 Å². The Morgan fingerprint density at radius 3 is 2.71 bits per heavy atom. The lowest BCUT2D eigenvalue weighted by Crippen LogP contribution is -1.98. The molecular formula is C20H29N. The molecule has 0 atom stereocenters. The van der Waals surface area contributed by atoms with E-state index in [1.807, 2.05) is 7.05 Å². The number of aryl methyl sites for hydroxylation is 1. The second-order valence-corrected chi connectivity index (χ2v) is 5.55. The van der Waals surface area contributed by atoms with Gasteiger partial charge in [-0.1, -0.05) is 61.8 Å². The highest BCUT2D eigenvalue weighted by atomic mass is 14.8. The zero-order valence-corrected chi connectivity index (χ0v) is 13.8. The van der Waals surface area contributed by atoms with Crippen molar-refractivity contribution < 1.29 is 0 Å². The van der Waals surface area contributed by atoms with Crippen LogP contribution in [0.1, 0.15) is 50.7 Å². The van der Waals surface area contributed by atoms with Crippen molar-refractivity contribution in [3.8, 4) is 0 Å². The summed E-state index contributed by atoms with van der Waals surface area (Å²) in [6.07, 6.45) is 12.3. The van der Waals surface area contributed by atoms with Crippen molar-refractivity contribution in [2.75, 3.05) is 7.05 Å². The summed E-state index contributed by atoms with van der Waals surface area (Å²) in [5, 5.41) is 3.17. The monoisotopic (exact) mass is 283 g/mol. The smallest absolute Gasteiger partial charge is 0.00412 e. The molecule has 0 fully saturated rings. The van der Waals surface area contributed by atoms with Crippen molar-refractivity contribution in [3.63, 3.8) is 0 Å². The van der Waals surface area contributed by atoms with Gasteiger partial charge in [0.2, 0.25) is 0 Å². The van der Waals surface area contributed by atoms with Gasteiger partial charge in [0.1, 0.15) is 0 Å². The number of rotatable bonds is 9. The number of nitrogens with one attached hydrogen (secondary N) is 1. The summed E-state index contributed by atoms with van der Waals surface area (Å²) in [6, 6.07) is 8.67. The van der Waals surface area contributed by atoms with E-state index in [9.17, 15) is 0 Å².